The lowest BCUT2D eigenvalue weighted by atomic mass is 9.84. The van der Waals surface area contributed by atoms with Crippen LogP contribution in [-0.4, -0.2) is 42.8 Å². The maximum Gasteiger partial charge on any atom is 0.407 e. The SMILES string of the molecule is CC(C)(CCNC(=O)OCC1c2ccccc2-c2ccccc21)CCC(=O)NC[C@H]1C[C@H]1C(=O)O. The van der Waals surface area contributed by atoms with Gasteiger partial charge in [0.15, 0.2) is 0 Å². The highest BCUT2D eigenvalue weighted by Crippen LogP contribution is 2.44. The van der Waals surface area contributed by atoms with Crippen LogP contribution >= 0.6 is 0 Å². The zero-order chi connectivity index (χ0) is 25.0. The van der Waals surface area contributed by atoms with Crippen LogP contribution in [0.25, 0.3) is 11.1 Å². The normalized spacial score (nSPS) is 18.3. The lowest BCUT2D eigenvalue weighted by Crippen LogP contribution is -2.31. The molecule has 0 saturated heterocycles. The van der Waals surface area contributed by atoms with E-state index in [1.165, 1.54) is 22.3 Å². The summed E-state index contributed by atoms with van der Waals surface area (Å²) in [6.45, 7) is 5.32. The van der Waals surface area contributed by atoms with Crippen LogP contribution in [0.15, 0.2) is 48.5 Å². The Morgan fingerprint density at radius 1 is 0.971 bits per heavy atom. The minimum atomic E-state index is -0.783. The van der Waals surface area contributed by atoms with Crippen LogP contribution in [0.3, 0.4) is 0 Å². The monoisotopic (exact) mass is 478 g/mol. The third kappa shape index (κ3) is 6.21. The first-order chi connectivity index (χ1) is 16.7. The van der Waals surface area contributed by atoms with Crippen molar-refractivity contribution < 1.29 is 24.2 Å². The number of carboxylic acids is 1. The van der Waals surface area contributed by atoms with Crippen molar-refractivity contribution in [2.45, 2.75) is 45.4 Å². The van der Waals surface area contributed by atoms with E-state index in [1.54, 1.807) is 0 Å². The minimum absolute atomic E-state index is 0.0320. The zero-order valence-electron chi connectivity index (χ0n) is 20.4. The molecule has 0 radical (unpaired) electrons. The van der Waals surface area contributed by atoms with Gasteiger partial charge in [0.1, 0.15) is 6.61 Å². The predicted molar refractivity (Wildman–Crippen MR) is 133 cm³/mol. The third-order valence-corrected chi connectivity index (χ3v) is 7.24. The number of fused-ring (bicyclic) bond motifs is 3. The summed E-state index contributed by atoms with van der Waals surface area (Å²) in [6.07, 6.45) is 1.98. The van der Waals surface area contributed by atoms with Gasteiger partial charge in [-0.25, -0.2) is 4.79 Å². The molecule has 7 heteroatoms. The Morgan fingerprint density at radius 2 is 1.60 bits per heavy atom. The number of nitrogens with one attached hydrogen (secondary N) is 2. The molecule has 2 aliphatic rings. The van der Waals surface area contributed by atoms with E-state index in [0.29, 0.717) is 38.8 Å². The van der Waals surface area contributed by atoms with Gasteiger partial charge in [-0.15, -0.1) is 0 Å². The molecular formula is C28H34N2O5. The van der Waals surface area contributed by atoms with E-state index in [1.807, 2.05) is 24.3 Å². The Kier molecular flexibility index (Phi) is 7.43. The van der Waals surface area contributed by atoms with Crippen LogP contribution in [0.2, 0.25) is 0 Å². The van der Waals surface area contributed by atoms with E-state index in [-0.39, 0.29) is 35.7 Å². The molecule has 2 amide bonds. The van der Waals surface area contributed by atoms with Crippen LogP contribution in [0.1, 0.15) is 56.6 Å². The van der Waals surface area contributed by atoms with E-state index in [4.69, 9.17) is 9.84 Å². The molecule has 2 aromatic rings. The zero-order valence-corrected chi connectivity index (χ0v) is 20.4. The Bertz CT molecular complexity index is 1050. The number of alkyl carbamates (subject to hydrolysis) is 1. The molecule has 1 fully saturated rings. The van der Waals surface area contributed by atoms with Crippen molar-refractivity contribution in [1.29, 1.82) is 0 Å². The average Bonchev–Trinajstić information content (AvgIpc) is 3.56. The summed E-state index contributed by atoms with van der Waals surface area (Å²) < 4.78 is 5.58. The Hall–Kier alpha value is -3.35. The van der Waals surface area contributed by atoms with Crippen molar-refractivity contribution in [3.8, 4) is 11.1 Å². The maximum atomic E-state index is 12.4. The molecule has 3 N–H and O–H groups in total. The highest BCUT2D eigenvalue weighted by atomic mass is 16.5. The molecule has 186 valence electrons. The molecular weight excluding hydrogens is 444 g/mol. The number of ether oxygens (including phenoxy) is 1. The second-order valence-corrected chi connectivity index (χ2v) is 10.4. The Balaban J connectivity index is 1.16. The maximum absolute atomic E-state index is 12.4. The van der Waals surface area contributed by atoms with Gasteiger partial charge < -0.3 is 20.5 Å². The quantitative estimate of drug-likeness (QED) is 0.439. The highest BCUT2D eigenvalue weighted by molar-refractivity contribution is 5.79. The van der Waals surface area contributed by atoms with Gasteiger partial charge in [-0.05, 0) is 52.8 Å². The molecule has 0 heterocycles. The first kappa shape index (κ1) is 24.8. The fourth-order valence-electron chi connectivity index (χ4n) is 4.84. The fourth-order valence-corrected chi connectivity index (χ4v) is 4.84. The van der Waals surface area contributed by atoms with Crippen molar-refractivity contribution in [3.05, 3.63) is 59.7 Å². The van der Waals surface area contributed by atoms with Gasteiger partial charge in [-0.3, -0.25) is 9.59 Å². The molecule has 2 aromatic carbocycles. The number of carboxylic acid groups (broad SMARTS) is 1. The lowest BCUT2D eigenvalue weighted by molar-refractivity contribution is -0.139. The lowest BCUT2D eigenvalue weighted by Gasteiger charge is -2.24. The number of amides is 2. The van der Waals surface area contributed by atoms with Crippen molar-refractivity contribution in [2.24, 2.45) is 17.3 Å². The van der Waals surface area contributed by atoms with Crippen molar-refractivity contribution >= 4 is 18.0 Å². The second-order valence-electron chi connectivity index (χ2n) is 10.4. The summed E-state index contributed by atoms with van der Waals surface area (Å²) in [4.78, 5) is 35.4. The van der Waals surface area contributed by atoms with Crippen molar-refractivity contribution in [2.75, 3.05) is 19.7 Å². The molecule has 0 spiro atoms. The largest absolute Gasteiger partial charge is 0.481 e. The summed E-state index contributed by atoms with van der Waals surface area (Å²) in [7, 11) is 0. The van der Waals surface area contributed by atoms with E-state index in [2.05, 4.69) is 48.7 Å². The second kappa shape index (κ2) is 10.5. The number of benzene rings is 2. The molecule has 2 aliphatic carbocycles. The van der Waals surface area contributed by atoms with Crippen LogP contribution in [0.4, 0.5) is 4.79 Å². The van der Waals surface area contributed by atoms with Gasteiger partial charge in [0.2, 0.25) is 5.91 Å². The minimum Gasteiger partial charge on any atom is -0.481 e. The molecule has 0 bridgehead atoms. The molecule has 0 aliphatic heterocycles. The highest BCUT2D eigenvalue weighted by Gasteiger charge is 2.43. The predicted octanol–water partition coefficient (Wildman–Crippen LogP) is 4.56. The summed E-state index contributed by atoms with van der Waals surface area (Å²) in [6, 6.07) is 16.5. The summed E-state index contributed by atoms with van der Waals surface area (Å²) in [5.74, 6) is -1.06. The average molecular weight is 479 g/mol. The van der Waals surface area contributed by atoms with Crippen LogP contribution in [0, 0.1) is 17.3 Å². The number of hydrogen-bond donors (Lipinski definition) is 3. The van der Waals surface area contributed by atoms with Gasteiger partial charge in [0.25, 0.3) is 0 Å². The number of hydrogen-bond acceptors (Lipinski definition) is 4. The molecule has 2 atom stereocenters. The third-order valence-electron chi connectivity index (χ3n) is 7.24. The number of carbonyl (C=O) groups excluding carboxylic acids is 2. The van der Waals surface area contributed by atoms with Crippen LogP contribution in [-0.2, 0) is 14.3 Å². The topological polar surface area (TPSA) is 105 Å². The molecule has 1 saturated carbocycles. The van der Waals surface area contributed by atoms with Crippen LogP contribution < -0.4 is 10.6 Å². The van der Waals surface area contributed by atoms with Gasteiger partial charge in [-0.2, -0.15) is 0 Å². The van der Waals surface area contributed by atoms with Crippen molar-refractivity contribution in [1.82, 2.24) is 10.6 Å². The van der Waals surface area contributed by atoms with Gasteiger partial charge in [-0.1, -0.05) is 62.4 Å². The molecule has 4 rings (SSSR count). The van der Waals surface area contributed by atoms with Crippen molar-refractivity contribution in [3.63, 3.8) is 0 Å². The number of aliphatic carboxylic acids is 1. The first-order valence-corrected chi connectivity index (χ1v) is 12.3. The summed E-state index contributed by atoms with van der Waals surface area (Å²) in [5.41, 5.74) is 4.63. The fraction of sp³-hybridized carbons (Fsp3) is 0.464. The molecule has 35 heavy (non-hydrogen) atoms. The van der Waals surface area contributed by atoms with Gasteiger partial charge in [0, 0.05) is 25.4 Å². The van der Waals surface area contributed by atoms with Crippen LogP contribution in [0.5, 0.6) is 0 Å². The first-order valence-electron chi connectivity index (χ1n) is 12.3. The standard InChI is InChI=1S/C28H34N2O5/c1-28(2,12-11-25(31)30-16-18-15-23(18)26(32)33)13-14-29-27(34)35-17-24-21-9-5-3-7-19(21)20-8-4-6-10-22(20)24/h3-10,18,23-24H,11-17H2,1-2H3,(H,29,34)(H,30,31)(H,32,33)/t18-,23-/m1/s1. The summed E-state index contributed by atoms with van der Waals surface area (Å²) in [5, 5.41) is 14.6. The Morgan fingerprint density at radius 3 is 2.20 bits per heavy atom. The van der Waals surface area contributed by atoms with E-state index in [0.717, 1.165) is 0 Å². The van der Waals surface area contributed by atoms with Gasteiger partial charge in [0.05, 0.1) is 5.92 Å². The number of rotatable bonds is 11. The van der Waals surface area contributed by atoms with E-state index < -0.39 is 12.1 Å². The molecule has 0 unspecified atom stereocenters. The summed E-state index contributed by atoms with van der Waals surface area (Å²) >= 11 is 0. The van der Waals surface area contributed by atoms with E-state index >= 15 is 0 Å². The smallest absolute Gasteiger partial charge is 0.407 e. The van der Waals surface area contributed by atoms with E-state index in [9.17, 15) is 14.4 Å². The number of carbonyl (C=O) groups is 3. The van der Waals surface area contributed by atoms with Gasteiger partial charge >= 0.3 is 12.1 Å². The Labute approximate surface area is 206 Å². The molecule has 7 nitrogen and oxygen atoms in total. The molecule has 0 aromatic heterocycles.